The van der Waals surface area contributed by atoms with Crippen molar-refractivity contribution in [1.82, 2.24) is 15.1 Å². The fourth-order valence-electron chi connectivity index (χ4n) is 3.67. The van der Waals surface area contributed by atoms with E-state index in [4.69, 9.17) is 0 Å². The Morgan fingerprint density at radius 2 is 1.92 bits per heavy atom. The van der Waals surface area contributed by atoms with Crippen LogP contribution in [-0.4, -0.2) is 27.7 Å². The average molecular weight is 356 g/mol. The summed E-state index contributed by atoms with van der Waals surface area (Å²) >= 11 is 0. The largest absolute Gasteiger partial charge is 0.543 e. The van der Waals surface area contributed by atoms with E-state index in [1.54, 1.807) is 12.1 Å². The fraction of sp³-hybridized carbons (Fsp3) is 0.474. The van der Waals surface area contributed by atoms with E-state index in [0.717, 1.165) is 23.9 Å². The van der Waals surface area contributed by atoms with Crippen LogP contribution in [0.3, 0.4) is 0 Å². The number of nitrogens with one attached hydrogen (secondary N) is 1. The van der Waals surface area contributed by atoms with E-state index in [2.05, 4.69) is 24.3 Å². The SMILES string of the molecule is C[C@@H]1[C@H](C)CCC[C@@H]1NC(=O)Cn1nc(C(=O)[O-])c2ccccc2c1=O. The lowest BCUT2D eigenvalue weighted by atomic mass is 9.78. The van der Waals surface area contributed by atoms with Crippen molar-refractivity contribution in [1.29, 1.82) is 0 Å². The number of fused-ring (bicyclic) bond motifs is 1. The molecule has 7 heteroatoms. The maximum Gasteiger partial charge on any atom is 0.275 e. The molecular formula is C19H22N3O4-. The van der Waals surface area contributed by atoms with Crippen LogP contribution in [-0.2, 0) is 11.3 Å². The molecule has 0 saturated heterocycles. The number of aromatic nitrogens is 2. The monoisotopic (exact) mass is 356 g/mol. The van der Waals surface area contributed by atoms with Gasteiger partial charge in [-0.3, -0.25) is 9.59 Å². The molecule has 3 rings (SSSR count). The van der Waals surface area contributed by atoms with Gasteiger partial charge in [-0.05, 0) is 24.3 Å². The van der Waals surface area contributed by atoms with E-state index in [9.17, 15) is 19.5 Å². The van der Waals surface area contributed by atoms with Crippen molar-refractivity contribution in [3.05, 3.63) is 40.3 Å². The summed E-state index contributed by atoms with van der Waals surface area (Å²) in [5, 5.41) is 18.6. The van der Waals surface area contributed by atoms with Gasteiger partial charge in [0.15, 0.2) is 0 Å². The molecule has 1 saturated carbocycles. The van der Waals surface area contributed by atoms with Crippen molar-refractivity contribution in [2.24, 2.45) is 11.8 Å². The molecule has 1 amide bonds. The van der Waals surface area contributed by atoms with Gasteiger partial charge in [0, 0.05) is 11.4 Å². The van der Waals surface area contributed by atoms with Gasteiger partial charge in [0.25, 0.3) is 5.56 Å². The Kier molecular flexibility index (Phi) is 5.06. The van der Waals surface area contributed by atoms with Crippen LogP contribution >= 0.6 is 0 Å². The van der Waals surface area contributed by atoms with Gasteiger partial charge in [-0.25, -0.2) is 4.68 Å². The summed E-state index contributed by atoms with van der Waals surface area (Å²) < 4.78 is 0.903. The van der Waals surface area contributed by atoms with E-state index >= 15 is 0 Å². The van der Waals surface area contributed by atoms with Crippen LogP contribution < -0.4 is 16.0 Å². The summed E-state index contributed by atoms with van der Waals surface area (Å²) in [5.74, 6) is -0.941. The minimum atomic E-state index is -1.48. The quantitative estimate of drug-likeness (QED) is 0.868. The number of carboxylic acids is 1. The average Bonchev–Trinajstić information content (AvgIpc) is 2.61. The molecule has 1 aliphatic carbocycles. The molecule has 0 bridgehead atoms. The molecule has 26 heavy (non-hydrogen) atoms. The van der Waals surface area contributed by atoms with Gasteiger partial charge in [-0.1, -0.05) is 44.9 Å². The third kappa shape index (κ3) is 3.47. The Hall–Kier alpha value is -2.70. The third-order valence-corrected chi connectivity index (χ3v) is 5.41. The highest BCUT2D eigenvalue weighted by molar-refractivity contribution is 6.00. The number of hydrogen-bond acceptors (Lipinski definition) is 5. The third-order valence-electron chi connectivity index (χ3n) is 5.41. The Morgan fingerprint density at radius 3 is 2.62 bits per heavy atom. The number of nitrogens with zero attached hydrogens (tertiary/aromatic N) is 2. The first-order chi connectivity index (χ1) is 12.4. The highest BCUT2D eigenvalue weighted by Crippen LogP contribution is 2.29. The summed E-state index contributed by atoms with van der Waals surface area (Å²) in [4.78, 5) is 36.4. The van der Waals surface area contributed by atoms with Crippen molar-refractivity contribution in [2.75, 3.05) is 0 Å². The molecule has 7 nitrogen and oxygen atoms in total. The molecule has 1 N–H and O–H groups in total. The van der Waals surface area contributed by atoms with Gasteiger partial charge in [-0.2, -0.15) is 5.10 Å². The molecule has 138 valence electrons. The van der Waals surface area contributed by atoms with E-state index in [1.165, 1.54) is 12.1 Å². The van der Waals surface area contributed by atoms with Crippen LogP contribution in [0.25, 0.3) is 10.8 Å². The van der Waals surface area contributed by atoms with Crippen LogP contribution in [0.15, 0.2) is 29.1 Å². The molecule has 3 atom stereocenters. The zero-order chi connectivity index (χ0) is 18.8. The van der Waals surface area contributed by atoms with Crippen molar-refractivity contribution < 1.29 is 14.7 Å². The predicted octanol–water partition coefficient (Wildman–Crippen LogP) is 0.701. The highest BCUT2D eigenvalue weighted by Gasteiger charge is 2.28. The van der Waals surface area contributed by atoms with E-state index < -0.39 is 11.5 Å². The standard InChI is InChI=1S/C19H23N3O4/c1-11-6-5-9-15(12(11)2)20-16(23)10-22-18(24)14-8-4-3-7-13(14)17(21-22)19(25)26/h3-4,7-8,11-12,15H,5-6,9-10H2,1-2H3,(H,20,23)(H,25,26)/p-1/t11-,12-,15+/m1/s1. The van der Waals surface area contributed by atoms with Crippen molar-refractivity contribution >= 4 is 22.6 Å². The summed E-state index contributed by atoms with van der Waals surface area (Å²) in [5.41, 5.74) is -0.835. The van der Waals surface area contributed by atoms with Gasteiger partial charge in [0.1, 0.15) is 12.2 Å². The summed E-state index contributed by atoms with van der Waals surface area (Å²) in [7, 11) is 0. The Balaban J connectivity index is 1.86. The molecule has 0 unspecified atom stereocenters. The zero-order valence-electron chi connectivity index (χ0n) is 14.9. The lowest BCUT2D eigenvalue weighted by Crippen LogP contribution is -2.46. The van der Waals surface area contributed by atoms with E-state index in [-0.39, 0.29) is 35.0 Å². The minimum absolute atomic E-state index is 0.0584. The first-order valence-electron chi connectivity index (χ1n) is 8.89. The van der Waals surface area contributed by atoms with E-state index in [0.29, 0.717) is 11.8 Å². The molecule has 1 aromatic carbocycles. The minimum Gasteiger partial charge on any atom is -0.543 e. The second-order valence-corrected chi connectivity index (χ2v) is 7.09. The highest BCUT2D eigenvalue weighted by atomic mass is 16.4. The number of aromatic carboxylic acids is 1. The molecule has 1 heterocycles. The Bertz CT molecular complexity index is 905. The lowest BCUT2D eigenvalue weighted by molar-refractivity contribution is -0.255. The Labute approximate surface area is 151 Å². The van der Waals surface area contributed by atoms with Gasteiger partial charge >= 0.3 is 0 Å². The second kappa shape index (κ2) is 7.27. The zero-order valence-corrected chi connectivity index (χ0v) is 14.9. The van der Waals surface area contributed by atoms with Gasteiger partial charge in [-0.15, -0.1) is 0 Å². The van der Waals surface area contributed by atoms with Crippen LogP contribution in [0.2, 0.25) is 0 Å². The number of carboxylic acid groups (broad SMARTS) is 1. The molecular weight excluding hydrogens is 334 g/mol. The number of carbonyl (C=O) groups excluding carboxylic acids is 2. The first-order valence-corrected chi connectivity index (χ1v) is 8.89. The molecule has 1 aromatic heterocycles. The smallest absolute Gasteiger partial charge is 0.275 e. The Morgan fingerprint density at radius 1 is 1.23 bits per heavy atom. The van der Waals surface area contributed by atoms with Gasteiger partial charge in [0.2, 0.25) is 5.91 Å². The molecule has 2 aromatic rings. The number of benzene rings is 1. The number of amides is 1. The maximum atomic E-state index is 12.6. The van der Waals surface area contributed by atoms with E-state index in [1.807, 2.05) is 0 Å². The molecule has 0 spiro atoms. The van der Waals surface area contributed by atoms with Gasteiger partial charge < -0.3 is 15.2 Å². The number of carbonyl (C=O) groups is 2. The van der Waals surface area contributed by atoms with Crippen molar-refractivity contribution in [2.45, 2.75) is 45.7 Å². The van der Waals surface area contributed by atoms with Crippen LogP contribution in [0.4, 0.5) is 0 Å². The van der Waals surface area contributed by atoms with Crippen LogP contribution in [0, 0.1) is 11.8 Å². The van der Waals surface area contributed by atoms with Crippen molar-refractivity contribution in [3.8, 4) is 0 Å². The van der Waals surface area contributed by atoms with Crippen LogP contribution in [0.1, 0.15) is 43.6 Å². The normalized spacial score (nSPS) is 22.9. The summed E-state index contributed by atoms with van der Waals surface area (Å²) in [6.07, 6.45) is 3.11. The second-order valence-electron chi connectivity index (χ2n) is 7.09. The molecule has 1 aliphatic rings. The topological polar surface area (TPSA) is 104 Å². The molecule has 0 radical (unpaired) electrons. The molecule has 0 aliphatic heterocycles. The summed E-state index contributed by atoms with van der Waals surface area (Å²) in [6.45, 7) is 3.97. The fourth-order valence-corrected chi connectivity index (χ4v) is 3.67. The predicted molar refractivity (Wildman–Crippen MR) is 94.4 cm³/mol. The molecule has 1 fully saturated rings. The summed E-state index contributed by atoms with van der Waals surface area (Å²) in [6, 6.07) is 6.34. The first kappa shape index (κ1) is 18.1. The van der Waals surface area contributed by atoms with Gasteiger partial charge in [0.05, 0.1) is 11.4 Å². The van der Waals surface area contributed by atoms with Crippen molar-refractivity contribution in [3.63, 3.8) is 0 Å². The lowest BCUT2D eigenvalue weighted by Gasteiger charge is -2.34. The maximum absolute atomic E-state index is 12.6. The number of rotatable bonds is 4. The van der Waals surface area contributed by atoms with Crippen LogP contribution in [0.5, 0.6) is 0 Å². The number of hydrogen-bond donors (Lipinski definition) is 1.